The fourth-order valence-electron chi connectivity index (χ4n) is 2.47. The highest BCUT2D eigenvalue weighted by Crippen LogP contribution is 2.31. The number of rotatable bonds is 3. The van der Waals surface area contributed by atoms with Crippen LogP contribution in [0.25, 0.3) is 0 Å². The highest BCUT2D eigenvalue weighted by molar-refractivity contribution is 5.97. The molecule has 0 aliphatic carbocycles. The molecular weight excluding hydrogens is 280 g/mol. The van der Waals surface area contributed by atoms with E-state index in [1.807, 2.05) is 24.3 Å². The molecule has 1 aliphatic heterocycles. The predicted octanol–water partition coefficient (Wildman–Crippen LogP) is 2.51. The van der Waals surface area contributed by atoms with Gasteiger partial charge in [0.15, 0.2) is 0 Å². The summed E-state index contributed by atoms with van der Waals surface area (Å²) in [5.74, 6) is 0.438. The van der Waals surface area contributed by atoms with Crippen LogP contribution in [0, 0.1) is 0 Å². The third-order valence-corrected chi connectivity index (χ3v) is 3.45. The SMILES string of the molecule is CC(=O)Nc1cccc(C(=O)NC2COc3ccccc32)c1. The molecule has 0 fully saturated rings. The Morgan fingerprint density at radius 2 is 1.95 bits per heavy atom. The number of benzene rings is 2. The van der Waals surface area contributed by atoms with Crippen molar-refractivity contribution < 1.29 is 14.3 Å². The number of carbonyl (C=O) groups is 2. The Bertz CT molecular complexity index is 727. The van der Waals surface area contributed by atoms with E-state index in [9.17, 15) is 9.59 Å². The van der Waals surface area contributed by atoms with Crippen LogP contribution in [-0.2, 0) is 4.79 Å². The van der Waals surface area contributed by atoms with E-state index in [0.29, 0.717) is 17.9 Å². The first kappa shape index (κ1) is 14.1. The van der Waals surface area contributed by atoms with E-state index in [0.717, 1.165) is 11.3 Å². The Hall–Kier alpha value is -2.82. The summed E-state index contributed by atoms with van der Waals surface area (Å²) in [5.41, 5.74) is 2.08. The van der Waals surface area contributed by atoms with E-state index in [4.69, 9.17) is 4.74 Å². The van der Waals surface area contributed by atoms with E-state index < -0.39 is 0 Å². The number of para-hydroxylation sites is 1. The van der Waals surface area contributed by atoms with Crippen LogP contribution in [0.5, 0.6) is 5.75 Å². The van der Waals surface area contributed by atoms with E-state index in [2.05, 4.69) is 10.6 Å². The second kappa shape index (κ2) is 5.89. The third kappa shape index (κ3) is 2.93. The molecule has 112 valence electrons. The lowest BCUT2D eigenvalue weighted by Crippen LogP contribution is -2.29. The van der Waals surface area contributed by atoms with Gasteiger partial charge in [-0.3, -0.25) is 9.59 Å². The van der Waals surface area contributed by atoms with Gasteiger partial charge in [0.25, 0.3) is 5.91 Å². The molecule has 2 aromatic carbocycles. The van der Waals surface area contributed by atoms with Crippen molar-refractivity contribution in [2.75, 3.05) is 11.9 Å². The number of nitrogens with one attached hydrogen (secondary N) is 2. The van der Waals surface area contributed by atoms with Crippen LogP contribution >= 0.6 is 0 Å². The summed E-state index contributed by atoms with van der Waals surface area (Å²) < 4.78 is 5.55. The smallest absolute Gasteiger partial charge is 0.251 e. The van der Waals surface area contributed by atoms with Gasteiger partial charge in [-0.15, -0.1) is 0 Å². The van der Waals surface area contributed by atoms with Crippen molar-refractivity contribution in [1.29, 1.82) is 0 Å². The van der Waals surface area contributed by atoms with E-state index in [1.54, 1.807) is 24.3 Å². The first-order chi connectivity index (χ1) is 10.6. The zero-order valence-corrected chi connectivity index (χ0v) is 12.1. The van der Waals surface area contributed by atoms with E-state index in [1.165, 1.54) is 6.92 Å². The Labute approximate surface area is 128 Å². The largest absolute Gasteiger partial charge is 0.491 e. The zero-order valence-electron chi connectivity index (χ0n) is 12.1. The summed E-state index contributed by atoms with van der Waals surface area (Å²) in [6.45, 7) is 1.86. The number of amides is 2. The summed E-state index contributed by atoms with van der Waals surface area (Å²) >= 11 is 0. The van der Waals surface area contributed by atoms with Crippen LogP contribution in [-0.4, -0.2) is 18.4 Å². The molecule has 2 amide bonds. The maximum Gasteiger partial charge on any atom is 0.251 e. The Morgan fingerprint density at radius 3 is 2.77 bits per heavy atom. The number of fused-ring (bicyclic) bond motifs is 1. The number of hydrogen-bond donors (Lipinski definition) is 2. The summed E-state index contributed by atoms with van der Waals surface area (Å²) in [4.78, 5) is 23.5. The molecule has 0 bridgehead atoms. The molecule has 3 rings (SSSR count). The molecule has 5 nitrogen and oxygen atoms in total. The number of hydrogen-bond acceptors (Lipinski definition) is 3. The standard InChI is InChI=1S/C17H16N2O3/c1-11(20)18-13-6-4-5-12(9-13)17(21)19-15-10-22-16-8-3-2-7-14(15)16/h2-9,15H,10H2,1H3,(H,18,20)(H,19,21). The van der Waals surface area contributed by atoms with Gasteiger partial charge < -0.3 is 15.4 Å². The monoisotopic (exact) mass is 296 g/mol. The quantitative estimate of drug-likeness (QED) is 0.914. The zero-order chi connectivity index (χ0) is 15.5. The van der Waals surface area contributed by atoms with Gasteiger partial charge in [0.2, 0.25) is 5.91 Å². The van der Waals surface area contributed by atoms with Crippen LogP contribution < -0.4 is 15.4 Å². The molecule has 2 aromatic rings. The normalized spacial score (nSPS) is 15.6. The molecule has 0 saturated heterocycles. The van der Waals surface area contributed by atoms with Crippen LogP contribution in [0.15, 0.2) is 48.5 Å². The Morgan fingerprint density at radius 1 is 1.14 bits per heavy atom. The molecule has 5 heteroatoms. The van der Waals surface area contributed by atoms with Gasteiger partial charge in [-0.2, -0.15) is 0 Å². The molecular formula is C17H16N2O3. The predicted molar refractivity (Wildman–Crippen MR) is 82.9 cm³/mol. The van der Waals surface area contributed by atoms with Crippen molar-refractivity contribution in [3.63, 3.8) is 0 Å². The third-order valence-electron chi connectivity index (χ3n) is 3.45. The minimum Gasteiger partial charge on any atom is -0.491 e. The fourth-order valence-corrected chi connectivity index (χ4v) is 2.47. The van der Waals surface area contributed by atoms with Crippen LogP contribution in [0.1, 0.15) is 28.9 Å². The topological polar surface area (TPSA) is 67.4 Å². The minimum absolute atomic E-state index is 0.159. The van der Waals surface area contributed by atoms with Crippen molar-refractivity contribution in [1.82, 2.24) is 5.32 Å². The Balaban J connectivity index is 1.74. The lowest BCUT2D eigenvalue weighted by molar-refractivity contribution is -0.114. The van der Waals surface area contributed by atoms with E-state index >= 15 is 0 Å². The molecule has 1 aliphatic rings. The number of carbonyl (C=O) groups excluding carboxylic acids is 2. The second-order valence-electron chi connectivity index (χ2n) is 5.14. The minimum atomic E-state index is -0.197. The average molecular weight is 296 g/mol. The first-order valence-corrected chi connectivity index (χ1v) is 7.04. The first-order valence-electron chi connectivity index (χ1n) is 7.04. The molecule has 0 aromatic heterocycles. The molecule has 0 saturated carbocycles. The van der Waals surface area contributed by atoms with Gasteiger partial charge in [0.05, 0.1) is 6.04 Å². The van der Waals surface area contributed by atoms with Gasteiger partial charge in [-0.25, -0.2) is 0 Å². The van der Waals surface area contributed by atoms with Gasteiger partial charge in [0.1, 0.15) is 12.4 Å². The molecule has 1 heterocycles. The number of anilines is 1. The lowest BCUT2D eigenvalue weighted by Gasteiger charge is -2.12. The summed E-state index contributed by atoms with van der Waals surface area (Å²) in [7, 11) is 0. The molecule has 22 heavy (non-hydrogen) atoms. The summed E-state index contributed by atoms with van der Waals surface area (Å²) in [5, 5.41) is 5.62. The second-order valence-corrected chi connectivity index (χ2v) is 5.14. The van der Waals surface area contributed by atoms with Crippen molar-refractivity contribution in [3.8, 4) is 5.75 Å². The van der Waals surface area contributed by atoms with Crippen molar-refractivity contribution >= 4 is 17.5 Å². The molecule has 1 unspecified atom stereocenters. The molecule has 1 atom stereocenters. The highest BCUT2D eigenvalue weighted by Gasteiger charge is 2.25. The van der Waals surface area contributed by atoms with Gasteiger partial charge in [-0.05, 0) is 24.3 Å². The van der Waals surface area contributed by atoms with Crippen molar-refractivity contribution in [2.45, 2.75) is 13.0 Å². The van der Waals surface area contributed by atoms with Crippen LogP contribution in [0.4, 0.5) is 5.69 Å². The lowest BCUT2D eigenvalue weighted by atomic mass is 10.1. The van der Waals surface area contributed by atoms with E-state index in [-0.39, 0.29) is 17.9 Å². The van der Waals surface area contributed by atoms with Gasteiger partial charge in [-0.1, -0.05) is 24.3 Å². The maximum atomic E-state index is 12.4. The van der Waals surface area contributed by atoms with Crippen molar-refractivity contribution in [3.05, 3.63) is 59.7 Å². The maximum absolute atomic E-state index is 12.4. The average Bonchev–Trinajstić information content (AvgIpc) is 2.90. The molecule has 0 spiro atoms. The van der Waals surface area contributed by atoms with Gasteiger partial charge >= 0.3 is 0 Å². The molecule has 0 radical (unpaired) electrons. The fraction of sp³-hybridized carbons (Fsp3) is 0.176. The van der Waals surface area contributed by atoms with Crippen LogP contribution in [0.3, 0.4) is 0 Å². The number of ether oxygens (including phenoxy) is 1. The summed E-state index contributed by atoms with van der Waals surface area (Å²) in [6, 6.07) is 14.3. The van der Waals surface area contributed by atoms with Crippen LogP contribution in [0.2, 0.25) is 0 Å². The highest BCUT2D eigenvalue weighted by atomic mass is 16.5. The Kier molecular flexibility index (Phi) is 3.78. The van der Waals surface area contributed by atoms with Crippen molar-refractivity contribution in [2.24, 2.45) is 0 Å². The summed E-state index contributed by atoms with van der Waals surface area (Å²) in [6.07, 6.45) is 0. The van der Waals surface area contributed by atoms with Gasteiger partial charge in [0, 0.05) is 23.7 Å². The molecule has 2 N–H and O–H groups in total.